The Morgan fingerprint density at radius 3 is 2.68 bits per heavy atom. The van der Waals surface area contributed by atoms with E-state index in [-0.39, 0.29) is 16.9 Å². The first-order valence-corrected chi connectivity index (χ1v) is 9.31. The highest BCUT2D eigenvalue weighted by Crippen LogP contribution is 2.35. The Morgan fingerprint density at radius 2 is 2.00 bits per heavy atom. The molecule has 0 bridgehead atoms. The number of aromatic nitrogens is 1. The number of fused-ring (bicyclic) bond motifs is 1. The average molecular weight is 390 g/mol. The molecule has 4 nitrogen and oxygen atoms in total. The van der Waals surface area contributed by atoms with Crippen LogP contribution in [0.2, 0.25) is 5.02 Å². The van der Waals surface area contributed by atoms with Gasteiger partial charge in [0.25, 0.3) is 0 Å². The van der Waals surface area contributed by atoms with Gasteiger partial charge in [-0.3, -0.25) is 4.79 Å². The minimum Gasteiger partial charge on any atom is -0.332 e. The van der Waals surface area contributed by atoms with E-state index in [1.165, 1.54) is 0 Å². The van der Waals surface area contributed by atoms with Crippen LogP contribution in [0.4, 0.5) is 5.69 Å². The zero-order chi connectivity index (χ0) is 18.0. The van der Waals surface area contributed by atoms with Crippen LogP contribution in [0, 0.1) is 5.92 Å². The van der Waals surface area contributed by atoms with Crippen molar-refractivity contribution in [3.8, 4) is 10.6 Å². The molecule has 128 valence electrons. The summed E-state index contributed by atoms with van der Waals surface area (Å²) < 4.78 is 1.12. The normalized spacial score (nSPS) is 10.9. The molecule has 0 aliphatic carbocycles. The van der Waals surface area contributed by atoms with Crippen molar-refractivity contribution >= 4 is 62.1 Å². The Morgan fingerprint density at radius 1 is 1.24 bits per heavy atom. The van der Waals surface area contributed by atoms with Crippen molar-refractivity contribution in [3.63, 3.8) is 0 Å². The first kappa shape index (κ1) is 17.8. The molecule has 0 unspecified atom stereocenters. The third kappa shape index (κ3) is 4.15. The standard InChI is InChI=1S/C18H16ClN3OS2/c1-10(2)16(23)22-18(24)20-11-7-8-12(13(19)9-11)17-21-14-5-3-4-6-15(14)25-17/h3-10H,1-2H3,(H2,20,22,23,24). The van der Waals surface area contributed by atoms with Gasteiger partial charge in [-0.05, 0) is 42.5 Å². The van der Waals surface area contributed by atoms with E-state index in [9.17, 15) is 4.79 Å². The highest BCUT2D eigenvalue weighted by molar-refractivity contribution is 7.80. The molecule has 1 aromatic heterocycles. The number of thiocarbonyl (C=S) groups is 1. The Labute approximate surface area is 160 Å². The van der Waals surface area contributed by atoms with Gasteiger partial charge in [0, 0.05) is 17.2 Å². The molecule has 0 spiro atoms. The smallest absolute Gasteiger partial charge is 0.228 e. The number of nitrogens with one attached hydrogen (secondary N) is 2. The number of rotatable bonds is 3. The molecule has 2 aromatic carbocycles. The topological polar surface area (TPSA) is 54.0 Å². The Bertz CT molecular complexity index is 919. The lowest BCUT2D eigenvalue weighted by Crippen LogP contribution is -2.36. The summed E-state index contributed by atoms with van der Waals surface area (Å²) in [5.41, 5.74) is 2.54. The van der Waals surface area contributed by atoms with Crippen molar-refractivity contribution in [2.24, 2.45) is 5.92 Å². The minimum atomic E-state index is -0.134. The summed E-state index contributed by atoms with van der Waals surface area (Å²) in [5.74, 6) is -0.264. The maximum absolute atomic E-state index is 11.7. The number of amides is 1. The van der Waals surface area contributed by atoms with Gasteiger partial charge in [0.05, 0.1) is 15.2 Å². The molecule has 3 aromatic rings. The summed E-state index contributed by atoms with van der Waals surface area (Å²) in [5, 5.41) is 7.30. The summed E-state index contributed by atoms with van der Waals surface area (Å²) in [6.07, 6.45) is 0. The Hall–Kier alpha value is -2.02. The number of hydrogen-bond donors (Lipinski definition) is 2. The Kier molecular flexibility index (Phi) is 5.32. The third-order valence-electron chi connectivity index (χ3n) is 3.51. The summed E-state index contributed by atoms with van der Waals surface area (Å²) in [7, 11) is 0. The maximum atomic E-state index is 11.7. The number of anilines is 1. The van der Waals surface area contributed by atoms with Gasteiger partial charge in [0.2, 0.25) is 5.91 Å². The first-order valence-electron chi connectivity index (χ1n) is 7.71. The Balaban J connectivity index is 1.79. The second-order valence-corrected chi connectivity index (χ2v) is 7.63. The second kappa shape index (κ2) is 7.47. The van der Waals surface area contributed by atoms with Crippen LogP contribution < -0.4 is 10.6 Å². The van der Waals surface area contributed by atoms with Crippen LogP contribution in [-0.2, 0) is 4.79 Å². The van der Waals surface area contributed by atoms with E-state index >= 15 is 0 Å². The fraction of sp³-hybridized carbons (Fsp3) is 0.167. The van der Waals surface area contributed by atoms with Crippen LogP contribution in [0.25, 0.3) is 20.8 Å². The predicted octanol–water partition coefficient (Wildman–Crippen LogP) is 5.09. The number of hydrogen-bond acceptors (Lipinski definition) is 4. The molecule has 1 amide bonds. The summed E-state index contributed by atoms with van der Waals surface area (Å²) in [4.78, 5) is 16.3. The van der Waals surface area contributed by atoms with Crippen LogP contribution in [0.15, 0.2) is 42.5 Å². The molecule has 3 rings (SSSR count). The number of carbonyl (C=O) groups is 1. The molecule has 7 heteroatoms. The number of thiazole rings is 1. The monoisotopic (exact) mass is 389 g/mol. The first-order chi connectivity index (χ1) is 11.9. The lowest BCUT2D eigenvalue weighted by molar-refractivity contribution is -0.122. The quantitative estimate of drug-likeness (QED) is 0.613. The van der Waals surface area contributed by atoms with E-state index in [4.69, 9.17) is 23.8 Å². The van der Waals surface area contributed by atoms with E-state index in [1.54, 1.807) is 17.4 Å². The number of para-hydroxylation sites is 1. The van der Waals surface area contributed by atoms with Crippen molar-refractivity contribution in [1.29, 1.82) is 0 Å². The highest BCUT2D eigenvalue weighted by Gasteiger charge is 2.12. The summed E-state index contributed by atoms with van der Waals surface area (Å²) in [6, 6.07) is 13.5. The lowest BCUT2D eigenvalue weighted by atomic mass is 10.2. The predicted molar refractivity (Wildman–Crippen MR) is 109 cm³/mol. The van der Waals surface area contributed by atoms with E-state index < -0.39 is 0 Å². The molecule has 0 fully saturated rings. The van der Waals surface area contributed by atoms with Crippen molar-refractivity contribution in [1.82, 2.24) is 10.3 Å². The lowest BCUT2D eigenvalue weighted by Gasteiger charge is -2.12. The summed E-state index contributed by atoms with van der Waals surface area (Å²) in [6.45, 7) is 3.61. The molecule has 0 saturated heterocycles. The zero-order valence-electron chi connectivity index (χ0n) is 13.7. The van der Waals surface area contributed by atoms with Gasteiger partial charge in [-0.1, -0.05) is 37.6 Å². The van der Waals surface area contributed by atoms with Gasteiger partial charge in [0.1, 0.15) is 5.01 Å². The number of halogens is 1. The molecule has 0 aliphatic heterocycles. The minimum absolute atomic E-state index is 0.130. The molecule has 25 heavy (non-hydrogen) atoms. The van der Waals surface area contributed by atoms with Crippen molar-refractivity contribution in [2.45, 2.75) is 13.8 Å². The third-order valence-corrected chi connectivity index (χ3v) is 5.10. The zero-order valence-corrected chi connectivity index (χ0v) is 16.1. The van der Waals surface area contributed by atoms with Crippen LogP contribution in [-0.4, -0.2) is 16.0 Å². The number of nitrogens with zero attached hydrogens (tertiary/aromatic N) is 1. The van der Waals surface area contributed by atoms with Gasteiger partial charge in [-0.15, -0.1) is 11.3 Å². The van der Waals surface area contributed by atoms with E-state index in [2.05, 4.69) is 15.6 Å². The summed E-state index contributed by atoms with van der Waals surface area (Å²) >= 11 is 13.2. The van der Waals surface area contributed by atoms with Gasteiger partial charge in [-0.2, -0.15) is 0 Å². The van der Waals surface area contributed by atoms with Crippen LogP contribution >= 0.6 is 35.2 Å². The van der Waals surface area contributed by atoms with E-state index in [1.807, 2.05) is 50.2 Å². The molecule has 0 radical (unpaired) electrons. The van der Waals surface area contributed by atoms with Crippen molar-refractivity contribution in [3.05, 3.63) is 47.5 Å². The van der Waals surface area contributed by atoms with Gasteiger partial charge < -0.3 is 10.6 Å². The number of carbonyl (C=O) groups excluding carboxylic acids is 1. The van der Waals surface area contributed by atoms with Gasteiger partial charge in [0.15, 0.2) is 5.11 Å². The van der Waals surface area contributed by atoms with Gasteiger partial charge >= 0.3 is 0 Å². The maximum Gasteiger partial charge on any atom is 0.228 e. The SMILES string of the molecule is CC(C)C(=O)NC(=S)Nc1ccc(-c2nc3ccccc3s2)c(Cl)c1. The molecule has 0 saturated carbocycles. The largest absolute Gasteiger partial charge is 0.332 e. The van der Waals surface area contributed by atoms with Crippen molar-refractivity contribution < 1.29 is 4.79 Å². The van der Waals surface area contributed by atoms with Crippen LogP contribution in [0.5, 0.6) is 0 Å². The molecule has 0 atom stereocenters. The van der Waals surface area contributed by atoms with E-state index in [0.29, 0.717) is 10.7 Å². The molecule has 2 N–H and O–H groups in total. The molecular formula is C18H16ClN3OS2. The second-order valence-electron chi connectivity index (χ2n) is 5.78. The average Bonchev–Trinajstić information content (AvgIpc) is 2.98. The van der Waals surface area contributed by atoms with Crippen LogP contribution in [0.3, 0.4) is 0 Å². The fourth-order valence-electron chi connectivity index (χ4n) is 2.17. The van der Waals surface area contributed by atoms with E-state index in [0.717, 1.165) is 20.8 Å². The number of benzene rings is 2. The highest BCUT2D eigenvalue weighted by atomic mass is 35.5. The van der Waals surface area contributed by atoms with Crippen molar-refractivity contribution in [2.75, 3.05) is 5.32 Å². The molecular weight excluding hydrogens is 374 g/mol. The molecule has 1 heterocycles. The van der Waals surface area contributed by atoms with Gasteiger partial charge in [-0.25, -0.2) is 4.98 Å². The fourth-order valence-corrected chi connectivity index (χ4v) is 3.72. The molecule has 0 aliphatic rings. The van der Waals surface area contributed by atoms with Crippen LogP contribution in [0.1, 0.15) is 13.8 Å².